The molecule has 0 aromatic carbocycles. The van der Waals surface area contributed by atoms with E-state index in [2.05, 4.69) is 15.5 Å². The van der Waals surface area contributed by atoms with E-state index in [0.29, 0.717) is 19.6 Å². The lowest BCUT2D eigenvalue weighted by atomic mass is 10.0. The zero-order chi connectivity index (χ0) is 16.4. The van der Waals surface area contributed by atoms with Gasteiger partial charge in [-0.05, 0) is 12.8 Å². The second-order valence-electron chi connectivity index (χ2n) is 6.77. The maximum atomic E-state index is 12.5. The monoisotopic (exact) mass is 319 g/mol. The molecule has 7 nitrogen and oxygen atoms in total. The largest absolute Gasteiger partial charge is 0.340 e. The summed E-state index contributed by atoms with van der Waals surface area (Å²) in [7, 11) is 0. The fraction of sp³-hybridized carbons (Fsp3) is 0.688. The normalized spacial score (nSPS) is 21.3. The van der Waals surface area contributed by atoms with Gasteiger partial charge in [-0.15, -0.1) is 0 Å². The van der Waals surface area contributed by atoms with Gasteiger partial charge in [0, 0.05) is 49.3 Å². The van der Waals surface area contributed by atoms with E-state index in [1.165, 1.54) is 0 Å². The molecule has 2 aliphatic heterocycles. The lowest BCUT2D eigenvalue weighted by Crippen LogP contribution is -2.53. The fourth-order valence-electron chi connectivity index (χ4n) is 3.32. The van der Waals surface area contributed by atoms with Gasteiger partial charge in [0.25, 0.3) is 0 Å². The van der Waals surface area contributed by atoms with Crippen LogP contribution in [0.2, 0.25) is 0 Å². The van der Waals surface area contributed by atoms with Crippen LogP contribution in [0, 0.1) is 5.92 Å². The smallest absolute Gasteiger partial charge is 0.317 e. The molecule has 126 valence electrons. The number of carbonyl (C=O) groups is 2. The topological polar surface area (TPSA) is 81.3 Å². The van der Waals surface area contributed by atoms with E-state index in [-0.39, 0.29) is 23.9 Å². The Morgan fingerprint density at radius 3 is 2.96 bits per heavy atom. The summed E-state index contributed by atoms with van der Waals surface area (Å²) >= 11 is 0. The van der Waals surface area contributed by atoms with Crippen LogP contribution in [-0.2, 0) is 17.8 Å². The van der Waals surface area contributed by atoms with Gasteiger partial charge in [0.15, 0.2) is 0 Å². The summed E-state index contributed by atoms with van der Waals surface area (Å²) in [5.41, 5.74) is 2.21. The van der Waals surface area contributed by atoms with Crippen molar-refractivity contribution in [3.05, 3.63) is 17.5 Å². The molecule has 2 N–H and O–H groups in total. The minimum absolute atomic E-state index is 0.00561. The number of H-pyrrole nitrogens is 1. The molecular formula is C16H25N5O2. The quantitative estimate of drug-likeness (QED) is 0.857. The van der Waals surface area contributed by atoms with Crippen molar-refractivity contribution in [1.82, 2.24) is 25.3 Å². The molecule has 0 radical (unpaired) electrons. The minimum Gasteiger partial charge on any atom is -0.340 e. The molecule has 23 heavy (non-hydrogen) atoms. The van der Waals surface area contributed by atoms with E-state index in [1.807, 2.05) is 23.6 Å². The lowest BCUT2D eigenvalue weighted by Gasteiger charge is -2.36. The van der Waals surface area contributed by atoms with E-state index in [9.17, 15) is 9.59 Å². The highest BCUT2D eigenvalue weighted by atomic mass is 16.2. The van der Waals surface area contributed by atoms with Gasteiger partial charge in [0.1, 0.15) is 0 Å². The number of aromatic amines is 1. The fourth-order valence-corrected chi connectivity index (χ4v) is 3.32. The predicted molar refractivity (Wildman–Crippen MR) is 85.7 cm³/mol. The second kappa shape index (κ2) is 6.60. The van der Waals surface area contributed by atoms with Crippen LogP contribution in [0.3, 0.4) is 0 Å². The number of carbonyl (C=O) groups excluding carboxylic acids is 2. The van der Waals surface area contributed by atoms with E-state index in [1.54, 1.807) is 6.20 Å². The molecule has 0 saturated carbocycles. The van der Waals surface area contributed by atoms with Crippen LogP contribution in [0.15, 0.2) is 6.20 Å². The van der Waals surface area contributed by atoms with Crippen molar-refractivity contribution >= 4 is 11.9 Å². The van der Waals surface area contributed by atoms with E-state index in [4.69, 9.17) is 0 Å². The molecule has 3 heterocycles. The van der Waals surface area contributed by atoms with Gasteiger partial charge in [0.2, 0.25) is 5.91 Å². The average molecular weight is 319 g/mol. The highest BCUT2D eigenvalue weighted by molar-refractivity contribution is 5.78. The van der Waals surface area contributed by atoms with E-state index >= 15 is 0 Å². The van der Waals surface area contributed by atoms with Crippen LogP contribution in [0.1, 0.15) is 37.9 Å². The SMILES string of the molecule is CC(C)C(=O)N1CCCC(NC(=O)N2CCc3[nH]ncc3C2)C1. The third-order valence-corrected chi connectivity index (χ3v) is 4.64. The molecule has 0 bridgehead atoms. The third-order valence-electron chi connectivity index (χ3n) is 4.64. The number of likely N-dealkylation sites (tertiary alicyclic amines) is 1. The van der Waals surface area contributed by atoms with Crippen LogP contribution in [-0.4, -0.2) is 57.6 Å². The second-order valence-corrected chi connectivity index (χ2v) is 6.77. The molecule has 3 amide bonds. The number of amides is 3. The maximum Gasteiger partial charge on any atom is 0.317 e. The molecule has 7 heteroatoms. The molecule has 1 fully saturated rings. The van der Waals surface area contributed by atoms with Crippen molar-refractivity contribution in [2.45, 2.75) is 45.7 Å². The van der Waals surface area contributed by atoms with Crippen molar-refractivity contribution in [1.29, 1.82) is 0 Å². The predicted octanol–water partition coefficient (Wildman–Crippen LogP) is 1.12. The lowest BCUT2D eigenvalue weighted by molar-refractivity contribution is -0.135. The summed E-state index contributed by atoms with van der Waals surface area (Å²) < 4.78 is 0. The molecule has 1 saturated heterocycles. The molecule has 1 aromatic heterocycles. The van der Waals surface area contributed by atoms with Crippen molar-refractivity contribution in [2.24, 2.45) is 5.92 Å². The first kappa shape index (κ1) is 15.8. The summed E-state index contributed by atoms with van der Waals surface area (Å²) in [4.78, 5) is 28.3. The molecule has 3 rings (SSSR count). The first-order valence-electron chi connectivity index (χ1n) is 8.40. The zero-order valence-electron chi connectivity index (χ0n) is 13.8. The van der Waals surface area contributed by atoms with Crippen molar-refractivity contribution in [3.8, 4) is 0 Å². The van der Waals surface area contributed by atoms with Gasteiger partial charge in [0.05, 0.1) is 12.7 Å². The summed E-state index contributed by atoms with van der Waals surface area (Å²) in [6.45, 7) is 6.54. The molecule has 1 atom stereocenters. The molecule has 1 unspecified atom stereocenters. The Balaban J connectivity index is 1.55. The highest BCUT2D eigenvalue weighted by Crippen LogP contribution is 2.17. The van der Waals surface area contributed by atoms with Gasteiger partial charge in [-0.3, -0.25) is 9.89 Å². The first-order valence-corrected chi connectivity index (χ1v) is 8.40. The Labute approximate surface area is 136 Å². The van der Waals surface area contributed by atoms with Crippen molar-refractivity contribution in [2.75, 3.05) is 19.6 Å². The number of nitrogens with zero attached hydrogens (tertiary/aromatic N) is 3. The Kier molecular flexibility index (Phi) is 4.54. The van der Waals surface area contributed by atoms with Gasteiger partial charge in [-0.1, -0.05) is 13.8 Å². The number of nitrogens with one attached hydrogen (secondary N) is 2. The average Bonchev–Trinajstić information content (AvgIpc) is 3.01. The first-order chi connectivity index (χ1) is 11.0. The summed E-state index contributed by atoms with van der Waals surface area (Å²) in [5, 5.41) is 10.1. The number of rotatable bonds is 2. The van der Waals surface area contributed by atoms with Crippen LogP contribution < -0.4 is 5.32 Å². The standard InChI is InChI=1S/C16H25N5O2/c1-11(2)15(22)20-6-3-4-13(10-20)18-16(23)21-7-5-14-12(9-21)8-17-19-14/h8,11,13H,3-7,9-10H2,1-2H3,(H,17,19)(H,18,23). The van der Waals surface area contributed by atoms with E-state index < -0.39 is 0 Å². The molecule has 0 aliphatic carbocycles. The highest BCUT2D eigenvalue weighted by Gasteiger charge is 2.28. The van der Waals surface area contributed by atoms with E-state index in [0.717, 1.165) is 37.1 Å². The number of hydrogen-bond acceptors (Lipinski definition) is 3. The number of urea groups is 1. The maximum absolute atomic E-state index is 12.5. The Bertz CT molecular complexity index is 583. The number of piperidine rings is 1. The zero-order valence-corrected chi connectivity index (χ0v) is 13.8. The Hall–Kier alpha value is -2.05. The van der Waals surface area contributed by atoms with Crippen molar-refractivity contribution in [3.63, 3.8) is 0 Å². The number of hydrogen-bond donors (Lipinski definition) is 2. The Morgan fingerprint density at radius 2 is 2.17 bits per heavy atom. The van der Waals surface area contributed by atoms with Crippen LogP contribution in [0.4, 0.5) is 4.79 Å². The summed E-state index contributed by atoms with van der Waals surface area (Å²) in [6.07, 6.45) is 4.47. The molecule has 2 aliphatic rings. The third kappa shape index (κ3) is 3.48. The molecular weight excluding hydrogens is 294 g/mol. The number of fused-ring (bicyclic) bond motifs is 1. The minimum atomic E-state index is -0.0410. The van der Waals surface area contributed by atoms with Gasteiger partial charge >= 0.3 is 6.03 Å². The Morgan fingerprint density at radius 1 is 1.35 bits per heavy atom. The number of aromatic nitrogens is 2. The van der Waals surface area contributed by atoms with Gasteiger partial charge in [-0.25, -0.2) is 4.79 Å². The van der Waals surface area contributed by atoms with Gasteiger partial charge in [-0.2, -0.15) is 5.10 Å². The summed E-state index contributed by atoms with van der Waals surface area (Å²) in [6, 6.07) is 0.00499. The van der Waals surface area contributed by atoms with Crippen LogP contribution in [0.5, 0.6) is 0 Å². The molecule has 1 aromatic rings. The van der Waals surface area contributed by atoms with Crippen LogP contribution >= 0.6 is 0 Å². The van der Waals surface area contributed by atoms with Crippen molar-refractivity contribution < 1.29 is 9.59 Å². The summed E-state index contributed by atoms with van der Waals surface area (Å²) in [5.74, 6) is 0.177. The van der Waals surface area contributed by atoms with Gasteiger partial charge < -0.3 is 15.1 Å². The van der Waals surface area contributed by atoms with Crippen LogP contribution in [0.25, 0.3) is 0 Å². The molecule has 0 spiro atoms.